The van der Waals surface area contributed by atoms with Crippen molar-refractivity contribution in [1.82, 2.24) is 9.80 Å². The normalized spacial score (nSPS) is 28.2. The van der Waals surface area contributed by atoms with E-state index in [9.17, 15) is 19.2 Å². The standard InChI is InChI=1S/C20H34N2O6/c1-11(2)9-15-19(25)27-14(6)18(24)22(8)16(10-12(3)4)20(26)28-13(5)17(23)21(15)7/h11-16H,9-10H2,1-8H3. The Labute approximate surface area is 167 Å². The molecule has 0 N–H and O–H groups in total. The van der Waals surface area contributed by atoms with E-state index in [1.807, 2.05) is 27.7 Å². The number of nitrogens with zero attached hydrogens (tertiary/aromatic N) is 2. The third-order valence-corrected chi connectivity index (χ3v) is 4.85. The molecule has 1 saturated heterocycles. The van der Waals surface area contributed by atoms with Crippen molar-refractivity contribution in [2.24, 2.45) is 11.8 Å². The van der Waals surface area contributed by atoms with E-state index in [0.29, 0.717) is 12.8 Å². The SMILES string of the molecule is CC(C)CC1C(=O)OC(C)C(=O)N(C)C(CC(C)C)C(=O)OC(C)C(=O)N1C. The number of ether oxygens (including phenoxy) is 2. The van der Waals surface area contributed by atoms with Crippen LogP contribution < -0.4 is 0 Å². The first-order valence-corrected chi connectivity index (χ1v) is 9.81. The summed E-state index contributed by atoms with van der Waals surface area (Å²) in [6, 6.07) is -1.72. The first kappa shape index (κ1) is 23.9. The van der Waals surface area contributed by atoms with Gasteiger partial charge in [-0.25, -0.2) is 9.59 Å². The molecule has 1 fully saturated rings. The Hall–Kier alpha value is -2.12. The van der Waals surface area contributed by atoms with E-state index in [4.69, 9.17) is 9.47 Å². The molecule has 0 aromatic carbocycles. The van der Waals surface area contributed by atoms with Crippen LogP contribution in [0.2, 0.25) is 0 Å². The Balaban J connectivity index is 3.30. The highest BCUT2D eigenvalue weighted by Crippen LogP contribution is 2.19. The van der Waals surface area contributed by atoms with Gasteiger partial charge in [-0.1, -0.05) is 27.7 Å². The lowest BCUT2D eigenvalue weighted by Crippen LogP contribution is -2.54. The predicted molar refractivity (Wildman–Crippen MR) is 103 cm³/mol. The number of hydrogen-bond acceptors (Lipinski definition) is 6. The zero-order valence-corrected chi connectivity index (χ0v) is 18.2. The number of cyclic esters (lactones) is 2. The third-order valence-electron chi connectivity index (χ3n) is 4.85. The van der Waals surface area contributed by atoms with Gasteiger partial charge in [-0.05, 0) is 38.5 Å². The van der Waals surface area contributed by atoms with Gasteiger partial charge in [0.25, 0.3) is 11.8 Å². The maximum Gasteiger partial charge on any atom is 0.329 e. The molecule has 0 bridgehead atoms. The highest BCUT2D eigenvalue weighted by Gasteiger charge is 2.39. The molecule has 8 nitrogen and oxygen atoms in total. The molecule has 1 aliphatic heterocycles. The number of carbonyl (C=O) groups excluding carboxylic acids is 4. The minimum absolute atomic E-state index is 0.114. The van der Waals surface area contributed by atoms with Crippen LogP contribution in [-0.4, -0.2) is 71.9 Å². The Kier molecular flexibility index (Phi) is 8.45. The average molecular weight is 399 g/mol. The lowest BCUT2D eigenvalue weighted by atomic mass is 10.0. The molecule has 0 aromatic heterocycles. The van der Waals surface area contributed by atoms with Gasteiger partial charge in [0.15, 0.2) is 12.2 Å². The summed E-state index contributed by atoms with van der Waals surface area (Å²) < 4.78 is 10.8. The summed E-state index contributed by atoms with van der Waals surface area (Å²) in [6.07, 6.45) is -1.41. The maximum atomic E-state index is 12.8. The van der Waals surface area contributed by atoms with E-state index in [-0.39, 0.29) is 11.8 Å². The van der Waals surface area contributed by atoms with Crippen molar-refractivity contribution >= 4 is 23.8 Å². The number of hydrogen-bond donors (Lipinski definition) is 0. The molecule has 0 radical (unpaired) electrons. The van der Waals surface area contributed by atoms with E-state index in [0.717, 1.165) is 0 Å². The second-order valence-corrected chi connectivity index (χ2v) is 8.35. The maximum absolute atomic E-state index is 12.8. The van der Waals surface area contributed by atoms with Crippen molar-refractivity contribution in [3.05, 3.63) is 0 Å². The van der Waals surface area contributed by atoms with Crippen molar-refractivity contribution in [3.8, 4) is 0 Å². The van der Waals surface area contributed by atoms with Crippen LogP contribution in [0.25, 0.3) is 0 Å². The minimum Gasteiger partial charge on any atom is -0.451 e. The molecule has 0 saturated carbocycles. The smallest absolute Gasteiger partial charge is 0.329 e. The van der Waals surface area contributed by atoms with Crippen LogP contribution in [0.5, 0.6) is 0 Å². The van der Waals surface area contributed by atoms with Crippen LogP contribution in [0.3, 0.4) is 0 Å². The highest BCUT2D eigenvalue weighted by molar-refractivity contribution is 5.92. The van der Waals surface area contributed by atoms with Gasteiger partial charge in [0, 0.05) is 14.1 Å². The molecule has 1 heterocycles. The summed E-state index contributed by atoms with van der Waals surface area (Å²) in [5.41, 5.74) is 0. The molecule has 1 aliphatic rings. The number of carbonyl (C=O) groups is 4. The molecule has 0 aliphatic carbocycles. The van der Waals surface area contributed by atoms with Crippen LogP contribution >= 0.6 is 0 Å². The zero-order valence-electron chi connectivity index (χ0n) is 18.2. The first-order valence-electron chi connectivity index (χ1n) is 9.81. The quantitative estimate of drug-likeness (QED) is 0.668. The van der Waals surface area contributed by atoms with Gasteiger partial charge in [-0.2, -0.15) is 0 Å². The number of likely N-dealkylation sites (N-methyl/N-ethyl adjacent to an activating group) is 2. The van der Waals surface area contributed by atoms with Crippen molar-refractivity contribution in [1.29, 1.82) is 0 Å². The monoisotopic (exact) mass is 398 g/mol. The fourth-order valence-electron chi connectivity index (χ4n) is 3.21. The molecule has 28 heavy (non-hydrogen) atoms. The summed E-state index contributed by atoms with van der Waals surface area (Å²) in [5.74, 6) is -2.02. The Bertz CT molecular complexity index is 552. The van der Waals surface area contributed by atoms with Crippen LogP contribution in [0.1, 0.15) is 54.4 Å². The Morgan fingerprint density at radius 1 is 0.714 bits per heavy atom. The molecule has 2 amide bonds. The largest absolute Gasteiger partial charge is 0.451 e. The fourth-order valence-corrected chi connectivity index (χ4v) is 3.21. The van der Waals surface area contributed by atoms with Gasteiger partial charge >= 0.3 is 11.9 Å². The van der Waals surface area contributed by atoms with Gasteiger partial charge in [0.1, 0.15) is 12.1 Å². The molecule has 1 rings (SSSR count). The molecule has 0 spiro atoms. The topological polar surface area (TPSA) is 93.2 Å². The van der Waals surface area contributed by atoms with Crippen molar-refractivity contribution < 1.29 is 28.7 Å². The number of rotatable bonds is 4. The average Bonchev–Trinajstić information content (AvgIpc) is 2.60. The summed E-state index contributed by atoms with van der Waals surface area (Å²) in [4.78, 5) is 53.5. The van der Waals surface area contributed by atoms with E-state index in [1.165, 1.54) is 37.7 Å². The highest BCUT2D eigenvalue weighted by atomic mass is 16.6. The van der Waals surface area contributed by atoms with Crippen LogP contribution in [0.4, 0.5) is 0 Å². The summed E-state index contributed by atoms with van der Waals surface area (Å²) >= 11 is 0. The van der Waals surface area contributed by atoms with Crippen LogP contribution in [0.15, 0.2) is 0 Å². The summed E-state index contributed by atoms with van der Waals surface area (Å²) in [7, 11) is 2.97. The number of esters is 2. The van der Waals surface area contributed by atoms with Gasteiger partial charge in [-0.3, -0.25) is 9.59 Å². The fraction of sp³-hybridized carbons (Fsp3) is 0.800. The molecule has 4 atom stereocenters. The Morgan fingerprint density at radius 2 is 1.00 bits per heavy atom. The molecular formula is C20H34N2O6. The van der Waals surface area contributed by atoms with Crippen molar-refractivity contribution in [2.45, 2.75) is 78.7 Å². The summed E-state index contributed by atoms with van der Waals surface area (Å²) in [5, 5.41) is 0. The van der Waals surface area contributed by atoms with E-state index in [2.05, 4.69) is 0 Å². The molecule has 160 valence electrons. The molecule has 4 unspecified atom stereocenters. The molecule has 8 heteroatoms. The van der Waals surface area contributed by atoms with Gasteiger partial charge in [-0.15, -0.1) is 0 Å². The predicted octanol–water partition coefficient (Wildman–Crippen LogP) is 1.61. The third kappa shape index (κ3) is 5.94. The van der Waals surface area contributed by atoms with Gasteiger partial charge in [0.05, 0.1) is 0 Å². The Morgan fingerprint density at radius 3 is 1.25 bits per heavy atom. The first-order chi connectivity index (χ1) is 12.9. The van der Waals surface area contributed by atoms with Gasteiger partial charge < -0.3 is 19.3 Å². The number of amides is 2. The van der Waals surface area contributed by atoms with E-state index < -0.39 is 48.0 Å². The lowest BCUT2D eigenvalue weighted by Gasteiger charge is -2.34. The zero-order chi connectivity index (χ0) is 21.8. The molecule has 0 aromatic rings. The second-order valence-electron chi connectivity index (χ2n) is 8.35. The second kappa shape index (κ2) is 9.89. The summed E-state index contributed by atoms with van der Waals surface area (Å²) in [6.45, 7) is 10.6. The minimum atomic E-state index is -1.07. The van der Waals surface area contributed by atoms with Crippen LogP contribution in [0, 0.1) is 11.8 Å². The van der Waals surface area contributed by atoms with Crippen LogP contribution in [-0.2, 0) is 28.7 Å². The lowest BCUT2D eigenvalue weighted by molar-refractivity contribution is -0.175. The van der Waals surface area contributed by atoms with E-state index >= 15 is 0 Å². The van der Waals surface area contributed by atoms with E-state index in [1.54, 1.807) is 0 Å². The van der Waals surface area contributed by atoms with Crippen molar-refractivity contribution in [2.75, 3.05) is 14.1 Å². The van der Waals surface area contributed by atoms with Crippen molar-refractivity contribution in [3.63, 3.8) is 0 Å². The molecular weight excluding hydrogens is 364 g/mol. The van der Waals surface area contributed by atoms with Gasteiger partial charge in [0.2, 0.25) is 0 Å².